The molecule has 0 saturated heterocycles. The number of aliphatic carboxylic acids is 1. The molecular formula is C15H18N2O3. The molecule has 0 bridgehead atoms. The first-order chi connectivity index (χ1) is 9.54. The molecule has 2 aromatic rings. The fourth-order valence-electron chi connectivity index (χ4n) is 2.44. The highest BCUT2D eigenvalue weighted by Gasteiger charge is 2.23. The van der Waals surface area contributed by atoms with Gasteiger partial charge in [-0.25, -0.2) is 0 Å². The lowest BCUT2D eigenvalue weighted by molar-refractivity contribution is -0.138. The number of nitrogens with one attached hydrogen (secondary N) is 1. The van der Waals surface area contributed by atoms with E-state index >= 15 is 0 Å². The van der Waals surface area contributed by atoms with Crippen molar-refractivity contribution in [3.63, 3.8) is 0 Å². The fraction of sp³-hybridized carbons (Fsp3) is 0.333. The van der Waals surface area contributed by atoms with Crippen LogP contribution in [-0.2, 0) is 4.79 Å². The predicted molar refractivity (Wildman–Crippen MR) is 76.7 cm³/mol. The number of rotatable bonds is 5. The molecule has 0 spiro atoms. The molecule has 1 amide bonds. The number of carbonyl (C=O) groups is 2. The van der Waals surface area contributed by atoms with Gasteiger partial charge in [0.15, 0.2) is 0 Å². The lowest BCUT2D eigenvalue weighted by Gasteiger charge is -2.27. The minimum absolute atomic E-state index is 0.0553. The van der Waals surface area contributed by atoms with Crippen LogP contribution in [0.15, 0.2) is 30.5 Å². The Bertz CT molecular complexity index is 633. The predicted octanol–water partition coefficient (Wildman–Crippen LogP) is 2.49. The molecule has 1 atom stereocenters. The Balaban J connectivity index is 2.33. The van der Waals surface area contributed by atoms with Crippen LogP contribution in [0.5, 0.6) is 0 Å². The highest BCUT2D eigenvalue weighted by Crippen LogP contribution is 2.20. The number of fused-ring (bicyclic) bond motifs is 1. The SMILES string of the molecule is CCN(C(=O)c1cccc2cc[nH]c12)C(C)CC(=O)O. The van der Waals surface area contributed by atoms with Gasteiger partial charge in [-0.05, 0) is 26.0 Å². The summed E-state index contributed by atoms with van der Waals surface area (Å²) in [5.74, 6) is -1.05. The molecule has 2 rings (SSSR count). The summed E-state index contributed by atoms with van der Waals surface area (Å²) in [5, 5.41) is 9.85. The van der Waals surface area contributed by atoms with Crippen LogP contribution >= 0.6 is 0 Å². The molecule has 0 aliphatic carbocycles. The van der Waals surface area contributed by atoms with Gasteiger partial charge in [0.2, 0.25) is 0 Å². The van der Waals surface area contributed by atoms with E-state index < -0.39 is 5.97 Å². The van der Waals surface area contributed by atoms with Gasteiger partial charge in [0.05, 0.1) is 17.5 Å². The van der Waals surface area contributed by atoms with Gasteiger partial charge in [-0.2, -0.15) is 0 Å². The third kappa shape index (κ3) is 2.66. The third-order valence-corrected chi connectivity index (χ3v) is 3.42. The first kappa shape index (κ1) is 14.1. The van der Waals surface area contributed by atoms with Gasteiger partial charge in [-0.15, -0.1) is 0 Å². The van der Waals surface area contributed by atoms with Gasteiger partial charge in [0.1, 0.15) is 0 Å². The number of carbonyl (C=O) groups excluding carboxylic acids is 1. The normalized spacial score (nSPS) is 12.3. The van der Waals surface area contributed by atoms with E-state index in [1.54, 1.807) is 24.1 Å². The second-order valence-corrected chi connectivity index (χ2v) is 4.79. The summed E-state index contributed by atoms with van der Waals surface area (Å²) in [6.45, 7) is 4.08. The molecule has 1 unspecified atom stereocenters. The number of aromatic amines is 1. The number of hydrogen-bond donors (Lipinski definition) is 2. The molecule has 0 radical (unpaired) electrons. The lowest BCUT2D eigenvalue weighted by atomic mass is 10.1. The van der Waals surface area contributed by atoms with Crippen LogP contribution in [-0.4, -0.2) is 39.5 Å². The summed E-state index contributed by atoms with van der Waals surface area (Å²) >= 11 is 0. The van der Waals surface area contributed by atoms with Gasteiger partial charge < -0.3 is 15.0 Å². The monoisotopic (exact) mass is 274 g/mol. The quantitative estimate of drug-likeness (QED) is 0.879. The van der Waals surface area contributed by atoms with E-state index in [-0.39, 0.29) is 18.4 Å². The van der Waals surface area contributed by atoms with Crippen LogP contribution in [0.1, 0.15) is 30.6 Å². The molecule has 0 saturated carbocycles. The van der Waals surface area contributed by atoms with E-state index in [9.17, 15) is 9.59 Å². The molecule has 0 fully saturated rings. The Kier molecular flexibility index (Phi) is 4.08. The Morgan fingerprint density at radius 3 is 2.75 bits per heavy atom. The maximum atomic E-state index is 12.6. The Labute approximate surface area is 117 Å². The first-order valence-corrected chi connectivity index (χ1v) is 6.63. The minimum Gasteiger partial charge on any atom is -0.481 e. The van der Waals surface area contributed by atoms with Crippen LogP contribution in [0.3, 0.4) is 0 Å². The summed E-state index contributed by atoms with van der Waals surface area (Å²) in [6.07, 6.45) is 1.73. The summed E-state index contributed by atoms with van der Waals surface area (Å²) in [5.41, 5.74) is 1.37. The van der Waals surface area contributed by atoms with Crippen molar-refractivity contribution in [1.82, 2.24) is 9.88 Å². The summed E-state index contributed by atoms with van der Waals surface area (Å²) in [6, 6.07) is 7.09. The van der Waals surface area contributed by atoms with Crippen molar-refractivity contribution in [2.24, 2.45) is 0 Å². The van der Waals surface area contributed by atoms with Crippen molar-refractivity contribution in [3.05, 3.63) is 36.0 Å². The molecule has 5 heteroatoms. The van der Waals surface area contributed by atoms with E-state index in [1.807, 2.05) is 25.1 Å². The number of aromatic nitrogens is 1. The highest BCUT2D eigenvalue weighted by atomic mass is 16.4. The van der Waals surface area contributed by atoms with Gasteiger partial charge in [-0.1, -0.05) is 12.1 Å². The van der Waals surface area contributed by atoms with Gasteiger partial charge in [0, 0.05) is 24.2 Å². The maximum Gasteiger partial charge on any atom is 0.305 e. The van der Waals surface area contributed by atoms with Gasteiger partial charge >= 0.3 is 5.97 Å². The maximum absolute atomic E-state index is 12.6. The summed E-state index contributed by atoms with van der Waals surface area (Å²) in [7, 11) is 0. The summed E-state index contributed by atoms with van der Waals surface area (Å²) < 4.78 is 0. The van der Waals surface area contributed by atoms with Crippen LogP contribution in [0.2, 0.25) is 0 Å². The molecule has 0 aliphatic rings. The first-order valence-electron chi connectivity index (χ1n) is 6.63. The molecular weight excluding hydrogens is 256 g/mol. The van der Waals surface area contributed by atoms with Crippen molar-refractivity contribution >= 4 is 22.8 Å². The number of amides is 1. The average Bonchev–Trinajstić information content (AvgIpc) is 2.86. The Morgan fingerprint density at radius 2 is 2.10 bits per heavy atom. The minimum atomic E-state index is -0.901. The topological polar surface area (TPSA) is 73.4 Å². The molecule has 1 aromatic carbocycles. The fourth-order valence-corrected chi connectivity index (χ4v) is 2.44. The number of benzene rings is 1. The number of hydrogen-bond acceptors (Lipinski definition) is 2. The van der Waals surface area contributed by atoms with Crippen LogP contribution in [0, 0.1) is 0 Å². The van der Waals surface area contributed by atoms with E-state index in [2.05, 4.69) is 4.98 Å². The van der Waals surface area contributed by atoms with Crippen LogP contribution in [0.4, 0.5) is 0 Å². The zero-order valence-electron chi connectivity index (χ0n) is 11.6. The second-order valence-electron chi connectivity index (χ2n) is 4.79. The number of nitrogens with zero attached hydrogens (tertiary/aromatic N) is 1. The van der Waals surface area contributed by atoms with Gasteiger partial charge in [-0.3, -0.25) is 9.59 Å². The molecule has 1 heterocycles. The lowest BCUT2D eigenvalue weighted by Crippen LogP contribution is -2.39. The average molecular weight is 274 g/mol. The standard InChI is InChI=1S/C15H18N2O3/c1-3-17(10(2)9-13(18)19)15(20)12-6-4-5-11-7-8-16-14(11)12/h4-8,10,16H,3,9H2,1-2H3,(H,18,19). The smallest absolute Gasteiger partial charge is 0.305 e. The van der Waals surface area contributed by atoms with Crippen molar-refractivity contribution in [2.45, 2.75) is 26.3 Å². The van der Waals surface area contributed by atoms with Crippen LogP contribution < -0.4 is 0 Å². The Morgan fingerprint density at radius 1 is 1.35 bits per heavy atom. The van der Waals surface area contributed by atoms with Crippen molar-refractivity contribution in [2.75, 3.05) is 6.54 Å². The van der Waals surface area contributed by atoms with Crippen molar-refractivity contribution < 1.29 is 14.7 Å². The number of carboxylic acids is 1. The molecule has 5 nitrogen and oxygen atoms in total. The van der Waals surface area contributed by atoms with Gasteiger partial charge in [0.25, 0.3) is 5.91 Å². The van der Waals surface area contributed by atoms with Crippen molar-refractivity contribution in [3.8, 4) is 0 Å². The molecule has 2 N–H and O–H groups in total. The Hall–Kier alpha value is -2.30. The van der Waals surface area contributed by atoms with Crippen molar-refractivity contribution in [1.29, 1.82) is 0 Å². The largest absolute Gasteiger partial charge is 0.481 e. The van der Waals surface area contributed by atoms with Crippen LogP contribution in [0.25, 0.3) is 10.9 Å². The highest BCUT2D eigenvalue weighted by molar-refractivity contribution is 6.05. The molecule has 1 aromatic heterocycles. The number of carboxylic acid groups (broad SMARTS) is 1. The molecule has 20 heavy (non-hydrogen) atoms. The molecule has 106 valence electrons. The van der Waals surface area contributed by atoms with E-state index in [0.29, 0.717) is 12.1 Å². The second kappa shape index (κ2) is 5.77. The third-order valence-electron chi connectivity index (χ3n) is 3.42. The van der Waals surface area contributed by atoms with E-state index in [1.165, 1.54) is 0 Å². The number of para-hydroxylation sites is 1. The number of H-pyrrole nitrogens is 1. The van der Waals surface area contributed by atoms with E-state index in [4.69, 9.17) is 5.11 Å². The zero-order chi connectivity index (χ0) is 14.7. The summed E-state index contributed by atoms with van der Waals surface area (Å²) in [4.78, 5) is 28.1. The molecule has 0 aliphatic heterocycles. The van der Waals surface area contributed by atoms with E-state index in [0.717, 1.165) is 10.9 Å². The zero-order valence-corrected chi connectivity index (χ0v) is 11.6.